The summed E-state index contributed by atoms with van der Waals surface area (Å²) in [5.74, 6) is -0.481. The van der Waals surface area contributed by atoms with Gasteiger partial charge in [0.25, 0.3) is 0 Å². The van der Waals surface area contributed by atoms with Crippen LogP contribution < -0.4 is 5.32 Å². The summed E-state index contributed by atoms with van der Waals surface area (Å²) in [7, 11) is 0. The van der Waals surface area contributed by atoms with Gasteiger partial charge in [0.05, 0.1) is 19.3 Å². The standard InChI is InChI=1S/C15H25NO4/c1-15(14(18)19)10-20-9-12(15)16-13(17)8-11-6-4-2-3-5-7-11/h11-12H,2-10H2,1H3,(H,16,17)(H,18,19). The van der Waals surface area contributed by atoms with Crippen molar-refractivity contribution < 1.29 is 19.4 Å². The molecule has 1 aliphatic carbocycles. The molecule has 5 nitrogen and oxygen atoms in total. The van der Waals surface area contributed by atoms with Crippen LogP contribution in [0.15, 0.2) is 0 Å². The molecule has 0 spiro atoms. The third kappa shape index (κ3) is 3.51. The summed E-state index contributed by atoms with van der Waals surface area (Å²) >= 11 is 0. The lowest BCUT2D eigenvalue weighted by atomic mass is 9.85. The van der Waals surface area contributed by atoms with Gasteiger partial charge in [-0.15, -0.1) is 0 Å². The molecule has 0 bridgehead atoms. The van der Waals surface area contributed by atoms with Crippen molar-refractivity contribution in [2.75, 3.05) is 13.2 Å². The molecule has 1 saturated carbocycles. The SMILES string of the molecule is CC1(C(=O)O)COCC1NC(=O)CC1CCCCCC1. The lowest BCUT2D eigenvalue weighted by Gasteiger charge is -2.26. The van der Waals surface area contributed by atoms with Gasteiger partial charge in [0.15, 0.2) is 0 Å². The molecule has 0 aromatic carbocycles. The molecule has 2 fully saturated rings. The van der Waals surface area contributed by atoms with Crippen molar-refractivity contribution in [3.63, 3.8) is 0 Å². The van der Waals surface area contributed by atoms with Crippen LogP contribution in [-0.4, -0.2) is 36.2 Å². The van der Waals surface area contributed by atoms with Gasteiger partial charge >= 0.3 is 5.97 Å². The van der Waals surface area contributed by atoms with Gasteiger partial charge in [-0.1, -0.05) is 25.7 Å². The summed E-state index contributed by atoms with van der Waals surface area (Å²) in [6.45, 7) is 2.09. The Morgan fingerprint density at radius 2 is 1.90 bits per heavy atom. The highest BCUT2D eigenvalue weighted by atomic mass is 16.5. The average Bonchev–Trinajstić information content (AvgIpc) is 2.62. The van der Waals surface area contributed by atoms with Gasteiger partial charge < -0.3 is 15.2 Å². The van der Waals surface area contributed by atoms with Crippen LogP contribution in [0.4, 0.5) is 0 Å². The Bertz CT molecular complexity index is 363. The van der Waals surface area contributed by atoms with E-state index in [2.05, 4.69) is 5.32 Å². The first-order chi connectivity index (χ1) is 9.52. The highest BCUT2D eigenvalue weighted by Crippen LogP contribution is 2.30. The summed E-state index contributed by atoms with van der Waals surface area (Å²) in [4.78, 5) is 23.4. The zero-order chi connectivity index (χ0) is 14.6. The molecular weight excluding hydrogens is 258 g/mol. The van der Waals surface area contributed by atoms with Gasteiger partial charge in [-0.25, -0.2) is 0 Å². The van der Waals surface area contributed by atoms with Crippen LogP contribution in [0.25, 0.3) is 0 Å². The molecule has 2 aliphatic rings. The Morgan fingerprint density at radius 3 is 2.50 bits per heavy atom. The summed E-state index contributed by atoms with van der Waals surface area (Å²) < 4.78 is 5.25. The minimum atomic E-state index is -1.00. The molecule has 1 aliphatic heterocycles. The number of ether oxygens (including phenoxy) is 1. The molecule has 0 aromatic rings. The van der Waals surface area contributed by atoms with Crippen LogP contribution in [0, 0.1) is 11.3 Å². The zero-order valence-corrected chi connectivity index (χ0v) is 12.2. The van der Waals surface area contributed by atoms with Crippen LogP contribution in [0.1, 0.15) is 51.9 Å². The lowest BCUT2D eigenvalue weighted by molar-refractivity contribution is -0.149. The largest absolute Gasteiger partial charge is 0.481 e. The van der Waals surface area contributed by atoms with Crippen molar-refractivity contribution in [1.82, 2.24) is 5.32 Å². The van der Waals surface area contributed by atoms with Gasteiger partial charge in [-0.3, -0.25) is 9.59 Å². The first-order valence-electron chi connectivity index (χ1n) is 7.63. The number of hydrogen-bond donors (Lipinski definition) is 2. The van der Waals surface area contributed by atoms with Crippen molar-refractivity contribution in [3.8, 4) is 0 Å². The predicted octanol–water partition coefficient (Wildman–Crippen LogP) is 1.95. The molecule has 2 N–H and O–H groups in total. The zero-order valence-electron chi connectivity index (χ0n) is 12.2. The highest BCUT2D eigenvalue weighted by molar-refractivity contribution is 5.80. The number of hydrogen-bond acceptors (Lipinski definition) is 3. The maximum absolute atomic E-state index is 12.1. The normalized spacial score (nSPS) is 31.8. The van der Waals surface area contributed by atoms with Crippen LogP contribution in [0.3, 0.4) is 0 Å². The molecule has 0 radical (unpaired) electrons. The third-order valence-corrected chi connectivity index (χ3v) is 4.73. The van der Waals surface area contributed by atoms with E-state index in [1.54, 1.807) is 6.92 Å². The van der Waals surface area contributed by atoms with Gasteiger partial charge in [0.1, 0.15) is 5.41 Å². The van der Waals surface area contributed by atoms with Gasteiger partial charge in [0, 0.05) is 6.42 Å². The molecule has 2 atom stereocenters. The fourth-order valence-corrected chi connectivity index (χ4v) is 3.17. The molecule has 2 rings (SSSR count). The van der Waals surface area contributed by atoms with E-state index >= 15 is 0 Å². The molecule has 1 heterocycles. The number of amides is 1. The molecule has 1 amide bonds. The van der Waals surface area contributed by atoms with Crippen molar-refractivity contribution >= 4 is 11.9 Å². The summed E-state index contributed by atoms with van der Waals surface area (Å²) in [6.07, 6.45) is 7.70. The van der Waals surface area contributed by atoms with E-state index in [1.165, 1.54) is 25.7 Å². The van der Waals surface area contributed by atoms with E-state index in [4.69, 9.17) is 4.74 Å². The van der Waals surface area contributed by atoms with Crippen LogP contribution in [-0.2, 0) is 14.3 Å². The number of carbonyl (C=O) groups excluding carboxylic acids is 1. The monoisotopic (exact) mass is 283 g/mol. The van der Waals surface area contributed by atoms with Crippen LogP contribution in [0.5, 0.6) is 0 Å². The van der Waals surface area contributed by atoms with E-state index in [0.717, 1.165) is 12.8 Å². The van der Waals surface area contributed by atoms with E-state index in [9.17, 15) is 14.7 Å². The van der Waals surface area contributed by atoms with Gasteiger partial charge in [0.2, 0.25) is 5.91 Å². The molecule has 20 heavy (non-hydrogen) atoms. The Balaban J connectivity index is 1.86. The van der Waals surface area contributed by atoms with E-state index < -0.39 is 17.4 Å². The number of carbonyl (C=O) groups is 2. The number of aliphatic carboxylic acids is 1. The topological polar surface area (TPSA) is 75.6 Å². The highest BCUT2D eigenvalue weighted by Gasteiger charge is 2.47. The second-order valence-corrected chi connectivity index (χ2v) is 6.42. The number of nitrogens with one attached hydrogen (secondary N) is 1. The quantitative estimate of drug-likeness (QED) is 0.773. The smallest absolute Gasteiger partial charge is 0.313 e. The number of rotatable bonds is 4. The van der Waals surface area contributed by atoms with Crippen molar-refractivity contribution in [1.29, 1.82) is 0 Å². The van der Waals surface area contributed by atoms with Crippen LogP contribution in [0.2, 0.25) is 0 Å². The third-order valence-electron chi connectivity index (χ3n) is 4.73. The Labute approximate surface area is 120 Å². The van der Waals surface area contributed by atoms with Crippen LogP contribution >= 0.6 is 0 Å². The Morgan fingerprint density at radius 1 is 1.25 bits per heavy atom. The summed E-state index contributed by atoms with van der Waals surface area (Å²) in [5.41, 5.74) is -1.00. The number of carboxylic acids is 1. The summed E-state index contributed by atoms with van der Waals surface area (Å²) in [6, 6.07) is -0.418. The minimum absolute atomic E-state index is 0.0279. The predicted molar refractivity (Wildman–Crippen MR) is 74.3 cm³/mol. The second kappa shape index (κ2) is 6.57. The first-order valence-corrected chi connectivity index (χ1v) is 7.63. The van der Waals surface area contributed by atoms with E-state index in [-0.39, 0.29) is 12.5 Å². The first kappa shape index (κ1) is 15.3. The molecule has 114 valence electrons. The molecular formula is C15H25NO4. The van der Waals surface area contributed by atoms with E-state index in [0.29, 0.717) is 18.9 Å². The Hall–Kier alpha value is -1.10. The maximum Gasteiger partial charge on any atom is 0.313 e. The lowest BCUT2D eigenvalue weighted by Crippen LogP contribution is -2.49. The molecule has 2 unspecified atom stereocenters. The molecule has 1 saturated heterocycles. The fraction of sp³-hybridized carbons (Fsp3) is 0.867. The minimum Gasteiger partial charge on any atom is -0.481 e. The average molecular weight is 283 g/mol. The maximum atomic E-state index is 12.1. The number of carboxylic acid groups (broad SMARTS) is 1. The van der Waals surface area contributed by atoms with E-state index in [1.807, 2.05) is 0 Å². The van der Waals surface area contributed by atoms with Gasteiger partial charge in [-0.05, 0) is 25.7 Å². The van der Waals surface area contributed by atoms with Crippen molar-refractivity contribution in [2.24, 2.45) is 11.3 Å². The van der Waals surface area contributed by atoms with Crippen molar-refractivity contribution in [2.45, 2.75) is 57.9 Å². The van der Waals surface area contributed by atoms with Gasteiger partial charge in [-0.2, -0.15) is 0 Å². The molecule has 0 aromatic heterocycles. The fourth-order valence-electron chi connectivity index (χ4n) is 3.17. The summed E-state index contributed by atoms with van der Waals surface area (Å²) in [5, 5.41) is 12.2. The van der Waals surface area contributed by atoms with Crippen molar-refractivity contribution in [3.05, 3.63) is 0 Å². The second-order valence-electron chi connectivity index (χ2n) is 6.42. The molecule has 5 heteroatoms. The Kier molecular flexibility index (Phi) is 5.02.